The normalized spacial score (nSPS) is 15.0. The van der Waals surface area contributed by atoms with Gasteiger partial charge in [-0.3, -0.25) is 14.7 Å². The molecule has 6 nitrogen and oxygen atoms in total. The molecular weight excluding hydrogens is 336 g/mol. The Morgan fingerprint density at radius 3 is 2.76 bits per heavy atom. The summed E-state index contributed by atoms with van der Waals surface area (Å²) in [7, 11) is 0. The van der Waals surface area contributed by atoms with Gasteiger partial charge in [-0.05, 0) is 44.1 Å². The Morgan fingerprint density at radius 2 is 1.96 bits per heavy atom. The van der Waals surface area contributed by atoms with E-state index < -0.39 is 0 Å². The van der Waals surface area contributed by atoms with Crippen LogP contribution >= 0.6 is 11.8 Å². The number of carbonyl (C=O) groups is 1. The van der Waals surface area contributed by atoms with Gasteiger partial charge in [0.1, 0.15) is 6.61 Å². The van der Waals surface area contributed by atoms with Crippen molar-refractivity contribution in [2.45, 2.75) is 24.4 Å². The molecule has 0 spiro atoms. The van der Waals surface area contributed by atoms with Gasteiger partial charge in [0.15, 0.2) is 5.16 Å². The Hall–Kier alpha value is -1.99. The Kier molecular flexibility index (Phi) is 6.76. The van der Waals surface area contributed by atoms with Gasteiger partial charge in [0, 0.05) is 18.9 Å². The van der Waals surface area contributed by atoms with Gasteiger partial charge in [0.25, 0.3) is 0 Å². The number of piperidine rings is 1. The number of hydrogen-bond acceptors (Lipinski definition) is 7. The number of aromatic nitrogens is 3. The molecule has 1 aliphatic rings. The minimum absolute atomic E-state index is 0.214. The molecule has 1 saturated heterocycles. The van der Waals surface area contributed by atoms with Crippen molar-refractivity contribution >= 4 is 17.7 Å². The highest BCUT2D eigenvalue weighted by Gasteiger charge is 2.12. The van der Waals surface area contributed by atoms with Crippen LogP contribution in [0.2, 0.25) is 0 Å². The number of thioether (sulfide) groups is 1. The second kappa shape index (κ2) is 9.48. The first kappa shape index (κ1) is 17.8. The zero-order valence-electron chi connectivity index (χ0n) is 14.1. The molecule has 0 radical (unpaired) electrons. The van der Waals surface area contributed by atoms with Crippen LogP contribution in [0.4, 0.5) is 0 Å². The summed E-state index contributed by atoms with van der Waals surface area (Å²) in [5.41, 5.74) is 1.53. The van der Waals surface area contributed by atoms with Crippen LogP contribution in [-0.4, -0.2) is 57.8 Å². The lowest BCUT2D eigenvalue weighted by Crippen LogP contribution is -2.33. The number of rotatable bonds is 7. The van der Waals surface area contributed by atoms with E-state index >= 15 is 0 Å². The molecule has 7 heteroatoms. The van der Waals surface area contributed by atoms with Crippen molar-refractivity contribution < 1.29 is 9.53 Å². The summed E-state index contributed by atoms with van der Waals surface area (Å²) < 4.78 is 5.31. The Balaban J connectivity index is 1.42. The van der Waals surface area contributed by atoms with Gasteiger partial charge in [-0.15, -0.1) is 0 Å². The van der Waals surface area contributed by atoms with Crippen molar-refractivity contribution in [1.29, 1.82) is 0 Å². The van der Waals surface area contributed by atoms with Crippen molar-refractivity contribution in [3.8, 4) is 11.4 Å². The van der Waals surface area contributed by atoms with Crippen LogP contribution in [0.25, 0.3) is 11.4 Å². The van der Waals surface area contributed by atoms with E-state index in [4.69, 9.17) is 4.74 Å². The molecule has 1 fully saturated rings. The quantitative estimate of drug-likeness (QED) is 0.428. The molecule has 0 unspecified atom stereocenters. The lowest BCUT2D eigenvalue weighted by molar-refractivity contribution is -0.140. The highest BCUT2D eigenvalue weighted by molar-refractivity contribution is 7.99. The summed E-state index contributed by atoms with van der Waals surface area (Å²) in [5.74, 6) is -0.0140. The topological polar surface area (TPSA) is 68.2 Å². The van der Waals surface area contributed by atoms with Crippen molar-refractivity contribution in [3.63, 3.8) is 0 Å². The van der Waals surface area contributed by atoms with E-state index in [0.29, 0.717) is 11.8 Å². The number of pyridine rings is 1. The van der Waals surface area contributed by atoms with E-state index in [2.05, 4.69) is 19.9 Å². The van der Waals surface area contributed by atoms with E-state index in [1.54, 1.807) is 12.4 Å². The van der Waals surface area contributed by atoms with E-state index in [0.717, 1.165) is 31.0 Å². The first-order valence-electron chi connectivity index (χ1n) is 8.56. The van der Waals surface area contributed by atoms with Gasteiger partial charge < -0.3 is 4.74 Å². The van der Waals surface area contributed by atoms with Gasteiger partial charge >= 0.3 is 5.97 Å². The third-order valence-electron chi connectivity index (χ3n) is 4.00. The number of hydrogen-bond donors (Lipinski definition) is 0. The third kappa shape index (κ3) is 5.79. The fourth-order valence-corrected chi connectivity index (χ4v) is 3.33. The molecule has 0 amide bonds. The molecule has 3 heterocycles. The Morgan fingerprint density at radius 1 is 1.08 bits per heavy atom. The highest BCUT2D eigenvalue weighted by Crippen LogP contribution is 2.18. The summed E-state index contributed by atoms with van der Waals surface area (Å²) in [4.78, 5) is 27.1. The molecule has 3 rings (SSSR count). The average molecular weight is 358 g/mol. The summed E-state index contributed by atoms with van der Waals surface area (Å²) in [5, 5.41) is 0.552. The van der Waals surface area contributed by atoms with E-state index in [9.17, 15) is 4.79 Å². The van der Waals surface area contributed by atoms with Crippen molar-refractivity contribution in [1.82, 2.24) is 19.9 Å². The van der Waals surface area contributed by atoms with Gasteiger partial charge in [-0.1, -0.05) is 24.2 Å². The third-order valence-corrected chi connectivity index (χ3v) is 4.83. The lowest BCUT2D eigenvalue weighted by Gasteiger charge is -2.25. The van der Waals surface area contributed by atoms with E-state index in [1.807, 2.05) is 24.3 Å². The fraction of sp³-hybridized carbons (Fsp3) is 0.444. The largest absolute Gasteiger partial charge is 0.464 e. The van der Waals surface area contributed by atoms with Crippen LogP contribution in [0.3, 0.4) is 0 Å². The van der Waals surface area contributed by atoms with Gasteiger partial charge in [0.05, 0.1) is 17.1 Å². The summed E-state index contributed by atoms with van der Waals surface area (Å²) >= 11 is 1.29. The lowest BCUT2D eigenvalue weighted by atomic mass is 10.1. The molecule has 1 aliphatic heterocycles. The van der Waals surface area contributed by atoms with Crippen LogP contribution in [0.1, 0.15) is 19.3 Å². The minimum atomic E-state index is -0.228. The van der Waals surface area contributed by atoms with Crippen LogP contribution in [0.5, 0.6) is 0 Å². The number of ether oxygens (including phenoxy) is 1. The maximum absolute atomic E-state index is 11.9. The fourth-order valence-electron chi connectivity index (χ4n) is 2.70. The van der Waals surface area contributed by atoms with Crippen molar-refractivity contribution in [3.05, 3.63) is 36.7 Å². The highest BCUT2D eigenvalue weighted by atomic mass is 32.2. The molecule has 0 bridgehead atoms. The SMILES string of the molecule is O=C(CSc1nccc(-c2ccccn2)n1)OCCN1CCCCC1. The minimum Gasteiger partial charge on any atom is -0.464 e. The molecule has 2 aromatic heterocycles. The summed E-state index contributed by atoms with van der Waals surface area (Å²) in [6.45, 7) is 3.50. The maximum atomic E-state index is 11.9. The molecule has 25 heavy (non-hydrogen) atoms. The van der Waals surface area contributed by atoms with E-state index in [1.165, 1.54) is 31.0 Å². The maximum Gasteiger partial charge on any atom is 0.316 e. The second-order valence-electron chi connectivity index (χ2n) is 5.85. The number of carbonyl (C=O) groups excluding carboxylic acids is 1. The van der Waals surface area contributed by atoms with Gasteiger partial charge in [-0.2, -0.15) is 0 Å². The van der Waals surface area contributed by atoms with Gasteiger partial charge in [0.2, 0.25) is 0 Å². The predicted octanol–water partition coefficient (Wildman–Crippen LogP) is 2.66. The van der Waals surface area contributed by atoms with E-state index in [-0.39, 0.29) is 11.7 Å². The average Bonchev–Trinajstić information content (AvgIpc) is 2.68. The van der Waals surface area contributed by atoms with Gasteiger partial charge in [-0.25, -0.2) is 9.97 Å². The first-order chi connectivity index (χ1) is 12.3. The Labute approximate surface area is 152 Å². The van der Waals surface area contributed by atoms with Crippen LogP contribution < -0.4 is 0 Å². The summed E-state index contributed by atoms with van der Waals surface area (Å²) in [6, 6.07) is 7.48. The molecule has 2 aromatic rings. The van der Waals surface area contributed by atoms with Crippen molar-refractivity contribution in [2.75, 3.05) is 32.0 Å². The molecule has 0 saturated carbocycles. The zero-order valence-corrected chi connectivity index (χ0v) is 15.0. The molecule has 0 atom stereocenters. The van der Waals surface area contributed by atoms with Crippen molar-refractivity contribution in [2.24, 2.45) is 0 Å². The zero-order chi connectivity index (χ0) is 17.3. The number of likely N-dealkylation sites (tertiary alicyclic amines) is 1. The number of nitrogens with zero attached hydrogens (tertiary/aromatic N) is 4. The Bertz CT molecular complexity index is 678. The standard InChI is InChI=1S/C18H22N4O2S/c23-17(24-13-12-22-10-4-1-5-11-22)14-25-18-20-9-7-16(21-18)15-6-2-3-8-19-15/h2-3,6-9H,1,4-5,10-14H2. The first-order valence-corrected chi connectivity index (χ1v) is 9.55. The number of esters is 1. The summed E-state index contributed by atoms with van der Waals surface area (Å²) in [6.07, 6.45) is 7.21. The monoisotopic (exact) mass is 358 g/mol. The van der Waals surface area contributed by atoms with Crippen LogP contribution in [0.15, 0.2) is 41.8 Å². The van der Waals surface area contributed by atoms with Crippen LogP contribution in [0, 0.1) is 0 Å². The predicted molar refractivity (Wildman–Crippen MR) is 97.2 cm³/mol. The molecule has 0 aliphatic carbocycles. The smallest absolute Gasteiger partial charge is 0.316 e. The molecular formula is C18H22N4O2S. The second-order valence-corrected chi connectivity index (χ2v) is 6.79. The molecule has 0 aromatic carbocycles. The molecule has 0 N–H and O–H groups in total. The van der Waals surface area contributed by atoms with Crippen LogP contribution in [-0.2, 0) is 9.53 Å². The molecule has 132 valence electrons.